The van der Waals surface area contributed by atoms with Crippen molar-refractivity contribution in [3.05, 3.63) is 0 Å². The first-order valence-electron chi connectivity index (χ1n) is 28.1. The molecular formula is C59H102O4. The number of rotatable bonds is 4. The molecule has 4 N–H and O–H groups in total. The van der Waals surface area contributed by atoms with E-state index in [0.717, 1.165) is 98.7 Å². The van der Waals surface area contributed by atoms with Crippen molar-refractivity contribution in [2.45, 2.75) is 266 Å². The van der Waals surface area contributed by atoms with Gasteiger partial charge < -0.3 is 20.4 Å². The second kappa shape index (κ2) is 15.7. The zero-order valence-electron chi connectivity index (χ0n) is 43.4. The quantitative estimate of drug-likeness (QED) is 0.227. The van der Waals surface area contributed by atoms with Crippen molar-refractivity contribution in [3.8, 4) is 0 Å². The predicted octanol–water partition coefficient (Wildman–Crippen LogP) is 14.3. The Morgan fingerprint density at radius 2 is 0.698 bits per heavy atom. The first kappa shape index (κ1) is 47.9. The largest absolute Gasteiger partial charge is 0.390 e. The molecule has 0 radical (unpaired) electrons. The molecule has 0 saturated heterocycles. The van der Waals surface area contributed by atoms with Gasteiger partial charge in [0.25, 0.3) is 0 Å². The van der Waals surface area contributed by atoms with Gasteiger partial charge in [-0.2, -0.15) is 0 Å². The van der Waals surface area contributed by atoms with Crippen LogP contribution in [0.4, 0.5) is 0 Å². The molecule has 15 rings (SSSR count). The lowest BCUT2D eigenvalue weighted by Crippen LogP contribution is -2.67. The third-order valence-corrected chi connectivity index (χ3v) is 25.2. The highest BCUT2D eigenvalue weighted by Gasteiger charge is 2.70. The molecular weight excluding hydrogens is 773 g/mol. The maximum Gasteiger partial charge on any atom is 0.0681 e. The Hall–Kier alpha value is -0.160. The molecule has 0 aromatic carbocycles. The molecule has 4 nitrogen and oxygen atoms in total. The minimum Gasteiger partial charge on any atom is -0.390 e. The topological polar surface area (TPSA) is 80.9 Å². The lowest BCUT2D eigenvalue weighted by Gasteiger charge is -2.72. The summed E-state index contributed by atoms with van der Waals surface area (Å²) >= 11 is 0. The highest BCUT2D eigenvalue weighted by atomic mass is 16.3. The summed E-state index contributed by atoms with van der Waals surface area (Å²) in [5, 5.41) is 42.0. The molecule has 4 spiro atoms. The summed E-state index contributed by atoms with van der Waals surface area (Å²) in [6.45, 7) is 27.2. The lowest BCUT2D eigenvalue weighted by molar-refractivity contribution is -0.262. The molecule has 4 heteroatoms. The van der Waals surface area contributed by atoms with E-state index in [1.165, 1.54) is 109 Å². The Morgan fingerprint density at radius 3 is 0.984 bits per heavy atom. The molecule has 362 valence electrons. The summed E-state index contributed by atoms with van der Waals surface area (Å²) in [6, 6.07) is 0. The van der Waals surface area contributed by atoms with E-state index in [1.807, 2.05) is 0 Å². The van der Waals surface area contributed by atoms with Crippen molar-refractivity contribution >= 4 is 0 Å². The van der Waals surface area contributed by atoms with E-state index >= 15 is 0 Å². The van der Waals surface area contributed by atoms with Gasteiger partial charge in [0.1, 0.15) is 0 Å². The van der Waals surface area contributed by atoms with Gasteiger partial charge in [-0.1, -0.05) is 109 Å². The number of aliphatic hydroxyl groups is 4. The van der Waals surface area contributed by atoms with Crippen LogP contribution in [0.3, 0.4) is 0 Å². The molecule has 0 unspecified atom stereocenters. The molecule has 15 saturated carbocycles. The second-order valence-electron chi connectivity index (χ2n) is 29.6. The van der Waals surface area contributed by atoms with Gasteiger partial charge in [-0.15, -0.1) is 0 Å². The Balaban J connectivity index is 0.000000107. The van der Waals surface area contributed by atoms with Crippen LogP contribution in [0.15, 0.2) is 0 Å². The van der Waals surface area contributed by atoms with Crippen LogP contribution in [0.2, 0.25) is 0 Å². The monoisotopic (exact) mass is 875 g/mol. The van der Waals surface area contributed by atoms with E-state index in [1.54, 1.807) is 0 Å². The first-order chi connectivity index (χ1) is 29.2. The van der Waals surface area contributed by atoms with Crippen LogP contribution in [0, 0.1) is 104 Å². The minimum atomic E-state index is -0.335. The molecule has 15 fully saturated rings. The second-order valence-corrected chi connectivity index (χ2v) is 29.6. The van der Waals surface area contributed by atoms with Crippen LogP contribution in [0.1, 0.15) is 244 Å². The van der Waals surface area contributed by atoms with E-state index in [0.29, 0.717) is 56.2 Å². The molecule has 0 aromatic heterocycles. The Kier molecular flexibility index (Phi) is 11.9. The average molecular weight is 875 g/mol. The van der Waals surface area contributed by atoms with Gasteiger partial charge in [-0.25, -0.2) is 0 Å². The maximum atomic E-state index is 10.6. The van der Waals surface area contributed by atoms with Gasteiger partial charge in [-0.05, 0) is 238 Å². The predicted molar refractivity (Wildman–Crippen MR) is 260 cm³/mol. The van der Waals surface area contributed by atoms with Crippen molar-refractivity contribution < 1.29 is 20.4 Å². The lowest BCUT2D eigenvalue weighted by atomic mass is 9.34. The SMILES string of the molecule is CC(C)C1(O)CC2(C1)C1CCCC2CCC1.CC(C)C1(O)CC2(CC3CCC2CC3)C1.CC(C)C1(O)CC2(CC[C@@H]3C[C@H]2C3(C)C)C1.CC(C)C1(O)CC2(CC[C@H]3C[C@@H]2C3(C)C)C1. The van der Waals surface area contributed by atoms with Gasteiger partial charge in [0.05, 0.1) is 22.4 Å². The van der Waals surface area contributed by atoms with Gasteiger partial charge in [-0.3, -0.25) is 0 Å². The summed E-state index contributed by atoms with van der Waals surface area (Å²) in [5.74, 6) is 9.40. The van der Waals surface area contributed by atoms with E-state index in [-0.39, 0.29) is 22.4 Å². The minimum absolute atomic E-state index is 0.308. The van der Waals surface area contributed by atoms with Crippen LogP contribution in [0.25, 0.3) is 0 Å². The molecule has 0 aromatic rings. The summed E-state index contributed by atoms with van der Waals surface area (Å²) in [7, 11) is 0. The fourth-order valence-electron chi connectivity index (χ4n) is 20.2. The molecule has 8 bridgehead atoms. The van der Waals surface area contributed by atoms with Crippen LogP contribution in [-0.4, -0.2) is 42.8 Å². The van der Waals surface area contributed by atoms with E-state index in [2.05, 4.69) is 83.1 Å². The van der Waals surface area contributed by atoms with Crippen molar-refractivity contribution in [2.75, 3.05) is 0 Å². The van der Waals surface area contributed by atoms with E-state index in [9.17, 15) is 20.4 Å². The number of fused-ring (bicyclic) bond motifs is 4. The van der Waals surface area contributed by atoms with E-state index in [4.69, 9.17) is 0 Å². The van der Waals surface area contributed by atoms with Crippen LogP contribution in [0.5, 0.6) is 0 Å². The fourth-order valence-corrected chi connectivity index (χ4v) is 20.2. The molecule has 0 heterocycles. The molecule has 15 aliphatic rings. The Bertz CT molecular complexity index is 1540. The molecule has 0 amide bonds. The van der Waals surface area contributed by atoms with Crippen molar-refractivity contribution in [2.24, 2.45) is 104 Å². The molecule has 4 atom stereocenters. The summed E-state index contributed by atoms with van der Waals surface area (Å²) in [6.07, 6.45) is 33.3. The van der Waals surface area contributed by atoms with Crippen LogP contribution >= 0.6 is 0 Å². The van der Waals surface area contributed by atoms with Crippen LogP contribution in [-0.2, 0) is 0 Å². The first-order valence-corrected chi connectivity index (χ1v) is 28.1. The van der Waals surface area contributed by atoms with Gasteiger partial charge >= 0.3 is 0 Å². The zero-order chi connectivity index (χ0) is 45.6. The molecule has 15 aliphatic carbocycles. The normalized spacial score (nSPS) is 53.1. The third-order valence-electron chi connectivity index (χ3n) is 25.2. The average Bonchev–Trinajstić information content (AvgIpc) is 3.16. The zero-order valence-corrected chi connectivity index (χ0v) is 43.4. The van der Waals surface area contributed by atoms with Crippen molar-refractivity contribution in [1.29, 1.82) is 0 Å². The Labute approximate surface area is 388 Å². The summed E-state index contributed by atoms with van der Waals surface area (Å²) in [5.41, 5.74) is 2.05. The molecule has 0 aliphatic heterocycles. The maximum absolute atomic E-state index is 10.6. The number of hydrogen-bond donors (Lipinski definition) is 4. The van der Waals surface area contributed by atoms with Crippen LogP contribution < -0.4 is 0 Å². The highest BCUT2D eigenvalue weighted by Crippen LogP contribution is 2.75. The summed E-state index contributed by atoms with van der Waals surface area (Å²) in [4.78, 5) is 0. The van der Waals surface area contributed by atoms with Gasteiger partial charge in [0.15, 0.2) is 0 Å². The Morgan fingerprint density at radius 1 is 0.365 bits per heavy atom. The van der Waals surface area contributed by atoms with Gasteiger partial charge in [0, 0.05) is 0 Å². The highest BCUT2D eigenvalue weighted by molar-refractivity contribution is 5.20. The molecule has 63 heavy (non-hydrogen) atoms. The standard InChI is InChI=1S/3C15H26O.C14H24O/c2*1-10(2)15(16)8-14(9-15)6-5-11-7-12(14)13(11,3)4;1-11(2)15(16)9-14(10-15)12-5-3-6-13(14)8-4-7-12;1-10(2)14(15)8-13(9-14)7-11-3-5-12(13)6-4-11/h2*10-12,16H,5-9H2,1-4H3;11-13,16H,3-10H2,1-2H3;10-12,15H,3-9H2,1-2H3/t2*11-,12+,14?,15?;;/m10../s1. The smallest absolute Gasteiger partial charge is 0.0681 e. The van der Waals surface area contributed by atoms with E-state index < -0.39 is 0 Å². The fraction of sp³-hybridized carbons (Fsp3) is 1.00. The summed E-state index contributed by atoms with van der Waals surface area (Å²) < 4.78 is 0. The van der Waals surface area contributed by atoms with Crippen molar-refractivity contribution in [1.82, 2.24) is 0 Å². The number of hydrogen-bond acceptors (Lipinski definition) is 4. The third kappa shape index (κ3) is 7.41. The van der Waals surface area contributed by atoms with Crippen molar-refractivity contribution in [3.63, 3.8) is 0 Å². The van der Waals surface area contributed by atoms with Gasteiger partial charge in [0.2, 0.25) is 0 Å².